The van der Waals surface area contributed by atoms with E-state index in [1.54, 1.807) is 18.3 Å². The van der Waals surface area contributed by atoms with Gasteiger partial charge in [0.25, 0.3) is 5.91 Å². The molecule has 2 heterocycles. The van der Waals surface area contributed by atoms with Crippen LogP contribution in [0.25, 0.3) is 0 Å². The summed E-state index contributed by atoms with van der Waals surface area (Å²) in [4.78, 5) is 11.1. The largest absolute Gasteiger partial charge is 0.365 e. The van der Waals surface area contributed by atoms with Gasteiger partial charge in [0.2, 0.25) is 0 Å². The van der Waals surface area contributed by atoms with Crippen molar-refractivity contribution in [3.05, 3.63) is 47.1 Å². The van der Waals surface area contributed by atoms with E-state index in [0.717, 1.165) is 17.0 Å². The number of primary amides is 1. The molecule has 0 aliphatic rings. The summed E-state index contributed by atoms with van der Waals surface area (Å²) in [5, 5.41) is 3.89. The number of nitrogens with zero attached hydrogens (tertiary/aromatic N) is 2. The molecule has 0 atom stereocenters. The van der Waals surface area contributed by atoms with Gasteiger partial charge >= 0.3 is 0 Å². The van der Waals surface area contributed by atoms with E-state index in [-0.39, 0.29) is 0 Å². The van der Waals surface area contributed by atoms with Crippen molar-refractivity contribution in [1.29, 1.82) is 0 Å². The van der Waals surface area contributed by atoms with Crippen molar-refractivity contribution in [3.63, 3.8) is 0 Å². The Morgan fingerprint density at radius 3 is 2.88 bits per heavy atom. The van der Waals surface area contributed by atoms with E-state index in [1.165, 1.54) is 0 Å². The maximum absolute atomic E-state index is 11.1. The lowest BCUT2D eigenvalue weighted by Gasteiger charge is -1.98. The number of hydrogen-bond donors (Lipinski definition) is 1. The van der Waals surface area contributed by atoms with Gasteiger partial charge in [0.1, 0.15) is 11.3 Å². The minimum Gasteiger partial charge on any atom is -0.365 e. The fraction of sp³-hybridized carbons (Fsp3) is 0.250. The van der Waals surface area contributed by atoms with E-state index in [1.807, 2.05) is 24.6 Å². The summed E-state index contributed by atoms with van der Waals surface area (Å²) in [5.74, 6) is 0.359. The molecule has 0 aromatic carbocycles. The minimum absolute atomic E-state index is 0.432. The Balaban J connectivity index is 2.30. The average molecular weight is 232 g/mol. The van der Waals surface area contributed by atoms with Gasteiger partial charge in [0.05, 0.1) is 11.3 Å². The first-order valence-electron chi connectivity index (χ1n) is 5.28. The summed E-state index contributed by atoms with van der Waals surface area (Å²) in [6.45, 7) is 4.38. The Bertz CT molecular complexity index is 541. The number of hydrogen-bond acceptors (Lipinski definition) is 3. The number of aryl methyl sites for hydroxylation is 2. The lowest BCUT2D eigenvalue weighted by Crippen LogP contribution is -2.35. The molecule has 0 aliphatic heterocycles. The van der Waals surface area contributed by atoms with Gasteiger partial charge in [-0.3, -0.25) is 4.79 Å². The predicted molar refractivity (Wildman–Crippen MR) is 60.2 cm³/mol. The van der Waals surface area contributed by atoms with Gasteiger partial charge in [-0.25, -0.2) is 0 Å². The summed E-state index contributed by atoms with van der Waals surface area (Å²) in [6.07, 6.45) is 3.59. The van der Waals surface area contributed by atoms with E-state index < -0.39 is 5.91 Å². The van der Waals surface area contributed by atoms with Crippen LogP contribution in [-0.2, 0) is 6.54 Å². The molecule has 0 saturated carbocycles. The molecular weight excluding hydrogens is 218 g/mol. The van der Waals surface area contributed by atoms with Crippen LogP contribution in [0.3, 0.4) is 0 Å². The maximum Gasteiger partial charge on any atom is 0.254 e. The van der Waals surface area contributed by atoms with Crippen LogP contribution in [0.2, 0.25) is 0 Å². The Hall–Kier alpha value is -2.17. The quantitative estimate of drug-likeness (QED) is 0.793. The molecule has 2 N–H and O–H groups in total. The molecule has 2 aromatic heterocycles. The van der Waals surface area contributed by atoms with E-state index in [0.29, 0.717) is 12.1 Å². The van der Waals surface area contributed by atoms with Gasteiger partial charge in [-0.05, 0) is 19.9 Å². The zero-order valence-corrected chi connectivity index (χ0v) is 9.80. The fourth-order valence-corrected chi connectivity index (χ4v) is 1.68. The van der Waals surface area contributed by atoms with Gasteiger partial charge in [-0.2, -0.15) is 4.57 Å². The number of carbonyl (C=O) groups excluding carboxylic acids is 1. The predicted octanol–water partition coefficient (Wildman–Crippen LogP) is 0.726. The maximum atomic E-state index is 11.1. The van der Waals surface area contributed by atoms with Crippen LogP contribution in [0.4, 0.5) is 0 Å². The third-order valence-electron chi connectivity index (χ3n) is 2.66. The van der Waals surface area contributed by atoms with Crippen LogP contribution in [0.15, 0.2) is 29.0 Å². The van der Waals surface area contributed by atoms with Crippen molar-refractivity contribution in [2.24, 2.45) is 5.73 Å². The highest BCUT2D eigenvalue weighted by atomic mass is 16.5. The smallest absolute Gasteiger partial charge is 0.254 e. The summed E-state index contributed by atoms with van der Waals surface area (Å²) in [7, 11) is 0. The van der Waals surface area contributed by atoms with Crippen LogP contribution in [0.5, 0.6) is 0 Å². The zero-order valence-electron chi connectivity index (χ0n) is 9.80. The van der Waals surface area contributed by atoms with Gasteiger partial charge in [0.15, 0.2) is 18.9 Å². The molecule has 2 aromatic rings. The Labute approximate surface area is 98.8 Å². The fourth-order valence-electron chi connectivity index (χ4n) is 1.68. The standard InChI is InChI=1S/C12H13N3O2/c1-8-11(9(2)17-14-8)7-15-5-3-4-10(6-15)12(13)16/h3-6H,7H2,1-2H3,(H-,13,16)/p+1. The summed E-state index contributed by atoms with van der Waals surface area (Å²) in [5.41, 5.74) is 7.60. The van der Waals surface area contributed by atoms with Crippen LogP contribution in [-0.4, -0.2) is 11.1 Å². The summed E-state index contributed by atoms with van der Waals surface area (Å²) >= 11 is 0. The van der Waals surface area contributed by atoms with Crippen LogP contribution < -0.4 is 10.3 Å². The third kappa shape index (κ3) is 2.33. The molecule has 0 fully saturated rings. The second-order valence-electron chi connectivity index (χ2n) is 3.93. The number of amides is 1. The minimum atomic E-state index is -0.432. The lowest BCUT2D eigenvalue weighted by atomic mass is 10.2. The molecule has 5 heteroatoms. The molecular formula is C12H14N3O2+. The number of rotatable bonds is 3. The van der Waals surface area contributed by atoms with Crippen molar-refractivity contribution < 1.29 is 13.9 Å². The van der Waals surface area contributed by atoms with E-state index in [2.05, 4.69) is 5.16 Å². The Morgan fingerprint density at radius 2 is 2.29 bits per heavy atom. The summed E-state index contributed by atoms with van der Waals surface area (Å²) < 4.78 is 6.97. The lowest BCUT2D eigenvalue weighted by molar-refractivity contribution is -0.688. The average Bonchev–Trinajstić information content (AvgIpc) is 2.61. The van der Waals surface area contributed by atoms with Crippen LogP contribution in [0.1, 0.15) is 27.4 Å². The number of nitrogens with two attached hydrogens (primary N) is 1. The molecule has 0 unspecified atom stereocenters. The molecule has 1 amide bonds. The van der Waals surface area contributed by atoms with E-state index in [9.17, 15) is 4.79 Å². The molecule has 88 valence electrons. The van der Waals surface area contributed by atoms with E-state index in [4.69, 9.17) is 10.3 Å². The zero-order chi connectivity index (χ0) is 12.4. The highest BCUT2D eigenvalue weighted by Gasteiger charge is 2.15. The molecule has 5 nitrogen and oxygen atoms in total. The van der Waals surface area contributed by atoms with E-state index >= 15 is 0 Å². The van der Waals surface area contributed by atoms with Crippen molar-refractivity contribution >= 4 is 5.91 Å². The van der Waals surface area contributed by atoms with Crippen molar-refractivity contribution in [1.82, 2.24) is 5.16 Å². The van der Waals surface area contributed by atoms with Gasteiger partial charge in [0, 0.05) is 6.07 Å². The number of pyridine rings is 1. The molecule has 2 rings (SSSR count). The third-order valence-corrected chi connectivity index (χ3v) is 2.66. The van der Waals surface area contributed by atoms with Gasteiger partial charge in [-0.15, -0.1) is 0 Å². The number of aromatic nitrogens is 2. The van der Waals surface area contributed by atoms with Gasteiger partial charge in [-0.1, -0.05) is 5.16 Å². The summed E-state index contributed by atoms with van der Waals surface area (Å²) in [6, 6.07) is 3.48. The first-order valence-corrected chi connectivity index (χ1v) is 5.28. The molecule has 0 spiro atoms. The Kier molecular flexibility index (Phi) is 2.91. The second kappa shape index (κ2) is 4.37. The topological polar surface area (TPSA) is 73.0 Å². The second-order valence-corrected chi connectivity index (χ2v) is 3.93. The van der Waals surface area contributed by atoms with Crippen LogP contribution in [0, 0.1) is 13.8 Å². The Morgan fingerprint density at radius 1 is 1.53 bits per heavy atom. The molecule has 17 heavy (non-hydrogen) atoms. The SMILES string of the molecule is Cc1noc(C)c1C[n+]1cccc(C(N)=O)c1. The van der Waals surface area contributed by atoms with Crippen molar-refractivity contribution in [3.8, 4) is 0 Å². The molecule has 0 saturated heterocycles. The van der Waals surface area contributed by atoms with Crippen LogP contribution >= 0.6 is 0 Å². The molecule has 0 bridgehead atoms. The normalized spacial score (nSPS) is 10.5. The van der Waals surface area contributed by atoms with Gasteiger partial charge < -0.3 is 10.3 Å². The van der Waals surface area contributed by atoms with Crippen molar-refractivity contribution in [2.45, 2.75) is 20.4 Å². The highest BCUT2D eigenvalue weighted by molar-refractivity contribution is 5.92. The first-order chi connectivity index (χ1) is 8.08. The molecule has 0 radical (unpaired) electrons. The molecule has 0 aliphatic carbocycles. The van der Waals surface area contributed by atoms with Crippen molar-refractivity contribution in [2.75, 3.05) is 0 Å². The highest BCUT2D eigenvalue weighted by Crippen LogP contribution is 2.11. The monoisotopic (exact) mass is 232 g/mol. The first kappa shape index (κ1) is 11.3. The number of carbonyl (C=O) groups is 1.